The Morgan fingerprint density at radius 1 is 1.44 bits per heavy atom. The summed E-state index contributed by atoms with van der Waals surface area (Å²) < 4.78 is 0. The monoisotopic (exact) mass is 254 g/mol. The summed E-state index contributed by atoms with van der Waals surface area (Å²) in [5, 5.41) is 8.71. The Kier molecular flexibility index (Phi) is 7.81. The average Bonchev–Trinajstić information content (AvgIpc) is 2.26. The zero-order valence-corrected chi connectivity index (χ0v) is 11.1. The van der Waals surface area contributed by atoms with E-state index in [1.54, 1.807) is 0 Å². The van der Waals surface area contributed by atoms with Crippen LogP contribution in [0.1, 0.15) is 26.7 Å². The van der Waals surface area contributed by atoms with Crippen LogP contribution in [0.5, 0.6) is 0 Å². The van der Waals surface area contributed by atoms with Crippen LogP contribution in [0.3, 0.4) is 0 Å². The minimum Gasteiger partial charge on any atom is -0.480 e. The van der Waals surface area contributed by atoms with Crippen molar-refractivity contribution in [1.82, 2.24) is 4.90 Å². The van der Waals surface area contributed by atoms with Gasteiger partial charge in [0, 0.05) is 6.42 Å². The zero-order chi connectivity index (χ0) is 14.1. The molecule has 1 amide bonds. The lowest BCUT2D eigenvalue weighted by Gasteiger charge is -2.22. The first kappa shape index (κ1) is 16.5. The number of terminal acetylenes is 1. The standard InChI is InChI=1S/C13H22N2O3/c1-4-5-15(9-13(17)18)12(16)7-11(8-14)6-10(2)3/h1,10-11H,5-9,14H2,2-3H3,(H,17,18)/t11-/m0/s1. The van der Waals surface area contributed by atoms with Crippen LogP contribution >= 0.6 is 0 Å². The van der Waals surface area contributed by atoms with E-state index in [-0.39, 0.29) is 31.3 Å². The molecule has 0 aliphatic heterocycles. The number of hydrogen-bond donors (Lipinski definition) is 2. The molecule has 5 nitrogen and oxygen atoms in total. The molecule has 0 heterocycles. The molecule has 0 aromatic heterocycles. The maximum absolute atomic E-state index is 11.9. The lowest BCUT2D eigenvalue weighted by atomic mass is 9.94. The molecular formula is C13H22N2O3. The Bertz CT molecular complexity index is 321. The molecule has 0 aromatic carbocycles. The first-order valence-electron chi connectivity index (χ1n) is 6.03. The molecule has 0 radical (unpaired) electrons. The number of amides is 1. The Morgan fingerprint density at radius 3 is 2.44 bits per heavy atom. The molecule has 0 saturated heterocycles. The molecular weight excluding hydrogens is 232 g/mol. The number of carbonyl (C=O) groups is 2. The molecule has 1 atom stereocenters. The summed E-state index contributed by atoms with van der Waals surface area (Å²) in [4.78, 5) is 23.7. The maximum Gasteiger partial charge on any atom is 0.323 e. The molecule has 0 aliphatic carbocycles. The average molecular weight is 254 g/mol. The van der Waals surface area contributed by atoms with Gasteiger partial charge in [-0.25, -0.2) is 0 Å². The summed E-state index contributed by atoms with van der Waals surface area (Å²) in [6, 6.07) is 0. The van der Waals surface area contributed by atoms with Gasteiger partial charge >= 0.3 is 5.97 Å². The van der Waals surface area contributed by atoms with Gasteiger partial charge in [0.1, 0.15) is 6.54 Å². The zero-order valence-electron chi connectivity index (χ0n) is 11.1. The van der Waals surface area contributed by atoms with Crippen molar-refractivity contribution in [1.29, 1.82) is 0 Å². The normalized spacial score (nSPS) is 11.9. The van der Waals surface area contributed by atoms with Crippen molar-refractivity contribution in [2.24, 2.45) is 17.6 Å². The number of carboxylic acid groups (broad SMARTS) is 1. The van der Waals surface area contributed by atoms with Crippen molar-refractivity contribution >= 4 is 11.9 Å². The predicted octanol–water partition coefficient (Wildman–Crippen LogP) is 0.544. The largest absolute Gasteiger partial charge is 0.480 e. The van der Waals surface area contributed by atoms with E-state index in [2.05, 4.69) is 19.8 Å². The number of hydrogen-bond acceptors (Lipinski definition) is 3. The minimum absolute atomic E-state index is 0.0180. The summed E-state index contributed by atoms with van der Waals surface area (Å²) in [6.07, 6.45) is 6.23. The van der Waals surface area contributed by atoms with Crippen LogP contribution in [-0.2, 0) is 9.59 Å². The molecule has 0 saturated carbocycles. The lowest BCUT2D eigenvalue weighted by Crippen LogP contribution is -2.37. The van der Waals surface area contributed by atoms with Gasteiger partial charge in [-0.05, 0) is 24.8 Å². The van der Waals surface area contributed by atoms with E-state index in [1.165, 1.54) is 4.90 Å². The SMILES string of the molecule is C#CCN(CC(=O)O)C(=O)C[C@@H](CN)CC(C)C. The van der Waals surface area contributed by atoms with E-state index in [1.807, 2.05) is 0 Å². The molecule has 5 heteroatoms. The smallest absolute Gasteiger partial charge is 0.323 e. The van der Waals surface area contributed by atoms with Crippen LogP contribution in [-0.4, -0.2) is 41.5 Å². The van der Waals surface area contributed by atoms with Crippen molar-refractivity contribution in [2.75, 3.05) is 19.6 Å². The quantitative estimate of drug-likeness (QED) is 0.619. The Balaban J connectivity index is 4.47. The minimum atomic E-state index is -1.06. The second-order valence-corrected chi connectivity index (χ2v) is 4.78. The second kappa shape index (κ2) is 8.54. The molecule has 0 unspecified atom stereocenters. The number of aliphatic carboxylic acids is 1. The van der Waals surface area contributed by atoms with Gasteiger partial charge in [0.2, 0.25) is 5.91 Å². The van der Waals surface area contributed by atoms with E-state index in [9.17, 15) is 9.59 Å². The van der Waals surface area contributed by atoms with Crippen molar-refractivity contribution in [3.8, 4) is 12.3 Å². The highest BCUT2D eigenvalue weighted by Gasteiger charge is 2.20. The van der Waals surface area contributed by atoms with Crippen molar-refractivity contribution < 1.29 is 14.7 Å². The summed E-state index contributed by atoms with van der Waals surface area (Å²) >= 11 is 0. The number of nitrogens with two attached hydrogens (primary N) is 1. The van der Waals surface area contributed by atoms with Gasteiger partial charge in [-0.15, -0.1) is 6.42 Å². The highest BCUT2D eigenvalue weighted by atomic mass is 16.4. The van der Waals surface area contributed by atoms with Gasteiger partial charge in [0.15, 0.2) is 0 Å². The van der Waals surface area contributed by atoms with E-state index in [0.29, 0.717) is 12.5 Å². The number of rotatable bonds is 8. The van der Waals surface area contributed by atoms with Crippen molar-refractivity contribution in [3.05, 3.63) is 0 Å². The van der Waals surface area contributed by atoms with E-state index < -0.39 is 5.97 Å². The third-order valence-electron chi connectivity index (χ3n) is 2.56. The number of carbonyl (C=O) groups excluding carboxylic acids is 1. The Labute approximate surface area is 108 Å². The Morgan fingerprint density at radius 2 is 2.06 bits per heavy atom. The first-order chi connectivity index (χ1) is 8.40. The fraction of sp³-hybridized carbons (Fsp3) is 0.692. The van der Waals surface area contributed by atoms with Gasteiger partial charge in [0.05, 0.1) is 6.54 Å². The van der Waals surface area contributed by atoms with Gasteiger partial charge in [-0.1, -0.05) is 19.8 Å². The molecule has 3 N–H and O–H groups in total. The fourth-order valence-corrected chi connectivity index (χ4v) is 1.81. The van der Waals surface area contributed by atoms with Crippen LogP contribution in [0.4, 0.5) is 0 Å². The molecule has 18 heavy (non-hydrogen) atoms. The van der Waals surface area contributed by atoms with Crippen LogP contribution in [0.15, 0.2) is 0 Å². The third-order valence-corrected chi connectivity index (χ3v) is 2.56. The molecule has 102 valence electrons. The molecule has 0 rings (SSSR count). The van der Waals surface area contributed by atoms with Crippen LogP contribution in [0, 0.1) is 24.2 Å². The van der Waals surface area contributed by atoms with Crippen LogP contribution < -0.4 is 5.73 Å². The number of nitrogens with zero attached hydrogens (tertiary/aromatic N) is 1. The van der Waals surface area contributed by atoms with Crippen molar-refractivity contribution in [3.63, 3.8) is 0 Å². The Hall–Kier alpha value is -1.54. The van der Waals surface area contributed by atoms with E-state index in [0.717, 1.165) is 6.42 Å². The van der Waals surface area contributed by atoms with E-state index >= 15 is 0 Å². The van der Waals surface area contributed by atoms with Crippen LogP contribution in [0.25, 0.3) is 0 Å². The summed E-state index contributed by atoms with van der Waals surface area (Å²) in [5.74, 6) is 1.52. The summed E-state index contributed by atoms with van der Waals surface area (Å²) in [5.41, 5.74) is 5.62. The van der Waals surface area contributed by atoms with E-state index in [4.69, 9.17) is 17.3 Å². The molecule has 0 aliphatic rings. The first-order valence-corrected chi connectivity index (χ1v) is 6.03. The van der Waals surface area contributed by atoms with Crippen molar-refractivity contribution in [2.45, 2.75) is 26.7 Å². The highest BCUT2D eigenvalue weighted by molar-refractivity contribution is 5.81. The van der Waals surface area contributed by atoms with Gasteiger partial charge in [-0.2, -0.15) is 0 Å². The summed E-state index contributed by atoms with van der Waals surface area (Å²) in [7, 11) is 0. The van der Waals surface area contributed by atoms with Gasteiger partial charge in [-0.3, -0.25) is 9.59 Å². The predicted molar refractivity (Wildman–Crippen MR) is 69.7 cm³/mol. The summed E-state index contributed by atoms with van der Waals surface area (Å²) in [6.45, 7) is 4.19. The number of carboxylic acids is 1. The van der Waals surface area contributed by atoms with Gasteiger partial charge < -0.3 is 15.7 Å². The molecule has 0 spiro atoms. The topological polar surface area (TPSA) is 83.6 Å². The maximum atomic E-state index is 11.9. The second-order valence-electron chi connectivity index (χ2n) is 4.78. The fourth-order valence-electron chi connectivity index (χ4n) is 1.81. The molecule has 0 fully saturated rings. The van der Waals surface area contributed by atoms with Crippen LogP contribution in [0.2, 0.25) is 0 Å². The third kappa shape index (κ3) is 6.92. The molecule has 0 aromatic rings. The lowest BCUT2D eigenvalue weighted by molar-refractivity contribution is -0.144. The molecule has 0 bridgehead atoms. The highest BCUT2D eigenvalue weighted by Crippen LogP contribution is 2.15. The van der Waals surface area contributed by atoms with Gasteiger partial charge in [0.25, 0.3) is 0 Å².